The van der Waals surface area contributed by atoms with Crippen molar-refractivity contribution >= 4 is 39.5 Å². The van der Waals surface area contributed by atoms with Gasteiger partial charge in [0.15, 0.2) is 12.2 Å². The van der Waals surface area contributed by atoms with Crippen molar-refractivity contribution < 1.29 is 80.2 Å². The minimum Gasteiger partial charge on any atom is -0.462 e. The van der Waals surface area contributed by atoms with Gasteiger partial charge in [-0.3, -0.25) is 37.3 Å². The number of rotatable bonds is 84. The lowest BCUT2D eigenvalue weighted by Crippen LogP contribution is -2.30. The predicted octanol–water partition coefficient (Wildman–Crippen LogP) is 25.8. The van der Waals surface area contributed by atoms with E-state index >= 15 is 0 Å². The molecule has 0 rings (SSSR count). The van der Waals surface area contributed by atoms with Gasteiger partial charge in [-0.05, 0) is 37.5 Å². The van der Waals surface area contributed by atoms with Crippen LogP contribution in [0.3, 0.4) is 0 Å². The van der Waals surface area contributed by atoms with Crippen LogP contribution in [0.15, 0.2) is 0 Å². The van der Waals surface area contributed by atoms with E-state index in [9.17, 15) is 43.2 Å². The number of phosphoric acid groups is 2. The van der Waals surface area contributed by atoms with Crippen molar-refractivity contribution in [3.05, 3.63) is 0 Å². The van der Waals surface area contributed by atoms with E-state index in [1.807, 2.05) is 0 Å². The first-order valence-electron chi connectivity index (χ1n) is 44.0. The first-order chi connectivity index (χ1) is 50.4. The third-order valence-electron chi connectivity index (χ3n) is 20.0. The van der Waals surface area contributed by atoms with Crippen molar-refractivity contribution in [3.63, 3.8) is 0 Å². The molecule has 0 bridgehead atoms. The Bertz CT molecular complexity index is 1990. The molecule has 0 heterocycles. The molecule has 0 saturated heterocycles. The largest absolute Gasteiger partial charge is 0.472 e. The van der Waals surface area contributed by atoms with E-state index in [1.165, 1.54) is 263 Å². The molecule has 0 aliphatic heterocycles. The van der Waals surface area contributed by atoms with Crippen LogP contribution in [-0.2, 0) is 65.4 Å². The van der Waals surface area contributed by atoms with Crippen molar-refractivity contribution in [2.24, 2.45) is 11.8 Å². The highest BCUT2D eigenvalue weighted by atomic mass is 31.2. The number of esters is 4. The molecule has 0 aromatic carbocycles. The Morgan fingerprint density at radius 1 is 0.260 bits per heavy atom. The van der Waals surface area contributed by atoms with Gasteiger partial charge < -0.3 is 33.8 Å². The molecule has 5 atom stereocenters. The number of carbonyl (C=O) groups excluding carboxylic acids is 4. The summed E-state index contributed by atoms with van der Waals surface area (Å²) in [4.78, 5) is 73.1. The van der Waals surface area contributed by atoms with Gasteiger partial charge in [-0.25, -0.2) is 9.13 Å². The average molecular weight is 1520 g/mol. The Balaban J connectivity index is 5.19. The number of hydrogen-bond donors (Lipinski definition) is 3. The van der Waals surface area contributed by atoms with Gasteiger partial charge in [0.2, 0.25) is 0 Å². The zero-order valence-corrected chi connectivity index (χ0v) is 70.1. The fraction of sp³-hybridized carbons (Fsp3) is 0.953. The van der Waals surface area contributed by atoms with Crippen LogP contribution in [0.4, 0.5) is 0 Å². The van der Waals surface area contributed by atoms with Gasteiger partial charge in [0, 0.05) is 25.7 Å². The van der Waals surface area contributed by atoms with E-state index in [1.54, 1.807) is 0 Å². The Morgan fingerprint density at radius 3 is 0.654 bits per heavy atom. The van der Waals surface area contributed by atoms with Crippen LogP contribution in [0.5, 0.6) is 0 Å². The summed E-state index contributed by atoms with van der Waals surface area (Å²) in [6.45, 7) is 9.69. The van der Waals surface area contributed by atoms with Crippen molar-refractivity contribution in [1.82, 2.24) is 0 Å². The summed E-state index contributed by atoms with van der Waals surface area (Å²) >= 11 is 0. The molecule has 19 heteroatoms. The number of aliphatic hydroxyl groups is 1. The van der Waals surface area contributed by atoms with Crippen molar-refractivity contribution in [3.8, 4) is 0 Å². The Labute approximate surface area is 638 Å². The molecule has 0 aromatic rings. The van der Waals surface area contributed by atoms with Crippen LogP contribution in [0, 0.1) is 11.8 Å². The SMILES string of the molecule is CCCCCCCCCCCCCCCCCCCCCC(=O)OC[C@H](COP(=O)(O)OC[C@@H](O)COP(=O)(O)OC[C@@H](COC(=O)CCCCCCCCCC)OC(=O)CCCCCCCCCCCCCCCCCC(C)C)OC(=O)CCCCCCCCCCCCCCCCCCC(C)C. The molecule has 0 aromatic heterocycles. The number of hydrogen-bond acceptors (Lipinski definition) is 15. The van der Waals surface area contributed by atoms with Gasteiger partial charge in [-0.2, -0.15) is 0 Å². The van der Waals surface area contributed by atoms with Gasteiger partial charge in [-0.1, -0.05) is 401 Å². The van der Waals surface area contributed by atoms with Gasteiger partial charge in [-0.15, -0.1) is 0 Å². The second kappa shape index (κ2) is 76.4. The van der Waals surface area contributed by atoms with Crippen molar-refractivity contribution in [2.75, 3.05) is 39.6 Å². The zero-order chi connectivity index (χ0) is 76.4. The summed E-state index contributed by atoms with van der Waals surface area (Å²) in [5.41, 5.74) is 0. The highest BCUT2D eigenvalue weighted by molar-refractivity contribution is 7.47. The maximum atomic E-state index is 13.1. The van der Waals surface area contributed by atoms with Crippen molar-refractivity contribution in [2.45, 2.75) is 471 Å². The monoisotopic (exact) mass is 1520 g/mol. The van der Waals surface area contributed by atoms with E-state index in [0.29, 0.717) is 25.7 Å². The Kier molecular flexibility index (Phi) is 75.0. The number of phosphoric ester groups is 2. The van der Waals surface area contributed by atoms with Gasteiger partial charge >= 0.3 is 39.5 Å². The molecule has 104 heavy (non-hydrogen) atoms. The molecule has 0 radical (unpaired) electrons. The molecule has 2 unspecified atom stereocenters. The molecule has 17 nitrogen and oxygen atoms in total. The van der Waals surface area contributed by atoms with Gasteiger partial charge in [0.25, 0.3) is 0 Å². The topological polar surface area (TPSA) is 237 Å². The second-order valence-corrected chi connectivity index (χ2v) is 34.4. The standard InChI is InChI=1S/C85H166O17P2/c1-7-9-11-13-15-17-18-19-20-21-22-23-29-34-39-44-50-56-62-68-83(88)96-74-81(102-85(90)70-63-57-51-45-40-35-30-25-24-27-32-37-42-47-53-59-65-77(3)4)76-100-104(93,94)98-72-79(86)71-97-103(91,92)99-75-80(73-95-82(87)67-61-55-49-16-14-12-10-8-2)101-84(89)69-64-58-52-46-41-36-31-26-28-33-38-43-48-54-60-66-78(5)6/h77-81,86H,7-76H2,1-6H3,(H,91,92)(H,93,94)/t79-,80+,81+/m0/s1. The zero-order valence-electron chi connectivity index (χ0n) is 68.3. The minimum atomic E-state index is -4.96. The molecule has 0 amide bonds. The van der Waals surface area contributed by atoms with Crippen LogP contribution >= 0.6 is 15.6 Å². The fourth-order valence-electron chi connectivity index (χ4n) is 13.2. The molecule has 618 valence electrons. The molecule has 3 N–H and O–H groups in total. The average Bonchev–Trinajstić information content (AvgIpc) is 0.907. The van der Waals surface area contributed by atoms with E-state index in [-0.39, 0.29) is 25.7 Å². The summed E-state index contributed by atoms with van der Waals surface area (Å²) < 4.78 is 68.8. The summed E-state index contributed by atoms with van der Waals surface area (Å²) in [6, 6.07) is 0. The normalized spacial score (nSPS) is 13.8. The fourth-order valence-corrected chi connectivity index (χ4v) is 14.8. The third kappa shape index (κ3) is 78.2. The smallest absolute Gasteiger partial charge is 0.462 e. The van der Waals surface area contributed by atoms with Crippen LogP contribution < -0.4 is 0 Å². The molecule has 0 spiro atoms. The molecule has 0 saturated carbocycles. The summed E-state index contributed by atoms with van der Waals surface area (Å²) in [6.07, 6.45) is 68.1. The molecular weight excluding hydrogens is 1350 g/mol. The number of aliphatic hydroxyl groups excluding tert-OH is 1. The van der Waals surface area contributed by atoms with Crippen LogP contribution in [0.25, 0.3) is 0 Å². The quantitative estimate of drug-likeness (QED) is 0.0222. The lowest BCUT2D eigenvalue weighted by atomic mass is 10.0. The van der Waals surface area contributed by atoms with Gasteiger partial charge in [0.1, 0.15) is 19.3 Å². The van der Waals surface area contributed by atoms with Crippen LogP contribution in [0.2, 0.25) is 0 Å². The number of unbranched alkanes of at least 4 members (excludes halogenated alkanes) is 54. The first kappa shape index (κ1) is 102. The van der Waals surface area contributed by atoms with Gasteiger partial charge in [0.05, 0.1) is 26.4 Å². The summed E-state index contributed by atoms with van der Waals surface area (Å²) in [5.74, 6) is -0.493. The maximum Gasteiger partial charge on any atom is 0.472 e. The van der Waals surface area contributed by atoms with E-state index < -0.39 is 97.5 Å². The first-order valence-corrected chi connectivity index (χ1v) is 47.0. The summed E-state index contributed by atoms with van der Waals surface area (Å²) in [5, 5.41) is 10.7. The lowest BCUT2D eigenvalue weighted by Gasteiger charge is -2.21. The highest BCUT2D eigenvalue weighted by Crippen LogP contribution is 2.45. The van der Waals surface area contributed by atoms with E-state index in [4.69, 9.17) is 37.0 Å². The number of carbonyl (C=O) groups is 4. The maximum absolute atomic E-state index is 13.1. The third-order valence-corrected chi connectivity index (χ3v) is 21.9. The van der Waals surface area contributed by atoms with Crippen LogP contribution in [-0.4, -0.2) is 96.7 Å². The second-order valence-electron chi connectivity index (χ2n) is 31.5. The molecule has 0 aliphatic carbocycles. The lowest BCUT2D eigenvalue weighted by molar-refractivity contribution is -0.161. The molecular formula is C85H166O17P2. The molecule has 0 aliphatic rings. The summed E-state index contributed by atoms with van der Waals surface area (Å²) in [7, 11) is -9.92. The Morgan fingerprint density at radius 2 is 0.442 bits per heavy atom. The number of ether oxygens (including phenoxy) is 4. The van der Waals surface area contributed by atoms with Crippen molar-refractivity contribution in [1.29, 1.82) is 0 Å². The van der Waals surface area contributed by atoms with Crippen LogP contribution in [0.1, 0.15) is 452 Å². The highest BCUT2D eigenvalue weighted by Gasteiger charge is 2.30. The molecule has 0 fully saturated rings. The minimum absolute atomic E-state index is 0.108. The Hall–Kier alpha value is -1.94. The van der Waals surface area contributed by atoms with E-state index in [0.717, 1.165) is 108 Å². The van der Waals surface area contributed by atoms with E-state index in [2.05, 4.69) is 41.5 Å². The predicted molar refractivity (Wildman–Crippen MR) is 428 cm³/mol.